The van der Waals surface area contributed by atoms with Crippen molar-refractivity contribution in [3.8, 4) is 5.75 Å². The number of ether oxygens (including phenoxy) is 1. The van der Waals surface area contributed by atoms with Crippen LogP contribution in [0.2, 0.25) is 0 Å². The van der Waals surface area contributed by atoms with Crippen molar-refractivity contribution in [1.82, 2.24) is 4.90 Å². The third kappa shape index (κ3) is 2.58. The summed E-state index contributed by atoms with van der Waals surface area (Å²) < 4.78 is 5.99. The topological polar surface area (TPSA) is 38.5 Å². The van der Waals surface area contributed by atoms with Gasteiger partial charge in [-0.25, -0.2) is 0 Å². The third-order valence-corrected chi connectivity index (χ3v) is 5.49. The number of fused-ring (bicyclic) bond motifs is 1. The summed E-state index contributed by atoms with van der Waals surface area (Å²) in [6.45, 7) is 0.825. The minimum Gasteiger partial charge on any atom is -0.493 e. The molecule has 3 heteroatoms. The van der Waals surface area contributed by atoms with Crippen LogP contribution >= 0.6 is 0 Å². The molecule has 1 aromatic carbocycles. The first-order valence-corrected chi connectivity index (χ1v) is 8.33. The molecule has 1 heterocycles. The Morgan fingerprint density at radius 1 is 1.14 bits per heavy atom. The Bertz CT molecular complexity index is 492. The van der Waals surface area contributed by atoms with E-state index in [0.29, 0.717) is 0 Å². The molecule has 0 saturated heterocycles. The molecule has 21 heavy (non-hydrogen) atoms. The first-order chi connectivity index (χ1) is 10.1. The van der Waals surface area contributed by atoms with Crippen LogP contribution in [0.25, 0.3) is 0 Å². The van der Waals surface area contributed by atoms with Crippen molar-refractivity contribution in [2.24, 2.45) is 5.73 Å². The molecule has 1 aromatic rings. The third-order valence-electron chi connectivity index (χ3n) is 5.49. The lowest BCUT2D eigenvalue weighted by Crippen LogP contribution is -2.53. The van der Waals surface area contributed by atoms with Gasteiger partial charge in [0.15, 0.2) is 0 Å². The van der Waals surface area contributed by atoms with Gasteiger partial charge in [0.25, 0.3) is 0 Å². The van der Waals surface area contributed by atoms with E-state index in [1.165, 1.54) is 43.2 Å². The zero-order chi connectivity index (χ0) is 14.9. The number of rotatable bonds is 3. The van der Waals surface area contributed by atoms with Gasteiger partial charge >= 0.3 is 0 Å². The highest BCUT2D eigenvalue weighted by atomic mass is 16.5. The summed E-state index contributed by atoms with van der Waals surface area (Å²) in [7, 11) is 4.36. The lowest BCUT2D eigenvalue weighted by atomic mass is 9.73. The molecule has 1 saturated carbocycles. The number of nitrogens with two attached hydrogens (primary N) is 1. The van der Waals surface area contributed by atoms with Crippen LogP contribution in [0.1, 0.15) is 55.7 Å². The second-order valence-electron chi connectivity index (χ2n) is 6.82. The lowest BCUT2D eigenvalue weighted by Gasteiger charge is -2.47. The monoisotopic (exact) mass is 288 g/mol. The number of aryl methyl sites for hydroxylation is 1. The Labute approximate surface area is 128 Å². The van der Waals surface area contributed by atoms with Gasteiger partial charge in [-0.15, -0.1) is 0 Å². The smallest absolute Gasteiger partial charge is 0.127 e. The second kappa shape index (κ2) is 5.98. The zero-order valence-electron chi connectivity index (χ0n) is 13.4. The molecule has 2 N–H and O–H groups in total. The molecule has 3 nitrogen and oxygen atoms in total. The van der Waals surface area contributed by atoms with Crippen LogP contribution in [0, 0.1) is 0 Å². The molecule has 0 aromatic heterocycles. The van der Waals surface area contributed by atoms with E-state index in [9.17, 15) is 0 Å². The quantitative estimate of drug-likeness (QED) is 0.927. The average molecular weight is 288 g/mol. The number of para-hydroxylation sites is 1. The van der Waals surface area contributed by atoms with Crippen molar-refractivity contribution >= 4 is 0 Å². The normalized spacial score (nSPS) is 22.5. The molecule has 0 radical (unpaired) electrons. The van der Waals surface area contributed by atoms with Crippen LogP contribution in [0.15, 0.2) is 18.2 Å². The van der Waals surface area contributed by atoms with Gasteiger partial charge in [-0.1, -0.05) is 37.5 Å². The summed E-state index contributed by atoms with van der Waals surface area (Å²) in [5.41, 5.74) is 9.43. The second-order valence-corrected chi connectivity index (χ2v) is 6.82. The fourth-order valence-electron chi connectivity index (χ4n) is 4.15. The van der Waals surface area contributed by atoms with Crippen LogP contribution in [-0.4, -0.2) is 31.1 Å². The molecule has 116 valence electrons. The van der Waals surface area contributed by atoms with Crippen LogP contribution in [0.5, 0.6) is 5.75 Å². The first-order valence-electron chi connectivity index (χ1n) is 8.33. The summed E-state index contributed by atoms with van der Waals surface area (Å²) in [4.78, 5) is 2.36. The maximum absolute atomic E-state index is 6.81. The highest BCUT2D eigenvalue weighted by Gasteiger charge is 2.42. The van der Waals surface area contributed by atoms with Crippen LogP contribution in [0.4, 0.5) is 0 Å². The Morgan fingerprint density at radius 2 is 1.90 bits per heavy atom. The molecule has 1 aliphatic heterocycles. The van der Waals surface area contributed by atoms with Gasteiger partial charge in [0.1, 0.15) is 5.75 Å². The molecular formula is C18H28N2O. The van der Waals surface area contributed by atoms with E-state index in [0.717, 1.165) is 25.2 Å². The summed E-state index contributed by atoms with van der Waals surface area (Å²) in [5, 5.41) is 0. The van der Waals surface area contributed by atoms with Crippen molar-refractivity contribution in [3.05, 3.63) is 29.3 Å². The Balaban J connectivity index is 1.98. The van der Waals surface area contributed by atoms with E-state index < -0.39 is 0 Å². The first kappa shape index (κ1) is 14.9. The highest BCUT2D eigenvalue weighted by molar-refractivity contribution is 5.45. The Kier molecular flexibility index (Phi) is 4.23. The zero-order valence-corrected chi connectivity index (χ0v) is 13.4. The molecule has 1 unspecified atom stereocenters. The van der Waals surface area contributed by atoms with Gasteiger partial charge < -0.3 is 15.4 Å². The van der Waals surface area contributed by atoms with Gasteiger partial charge in [0.2, 0.25) is 0 Å². The van der Waals surface area contributed by atoms with E-state index in [2.05, 4.69) is 37.2 Å². The molecule has 2 aliphatic rings. The molecule has 1 atom stereocenters. The number of benzene rings is 1. The minimum absolute atomic E-state index is 0.0286. The lowest BCUT2D eigenvalue weighted by molar-refractivity contribution is 0.0699. The number of hydrogen-bond acceptors (Lipinski definition) is 3. The number of likely N-dealkylation sites (N-methyl/N-ethyl adjacent to an activating group) is 1. The maximum atomic E-state index is 6.81. The van der Waals surface area contributed by atoms with Crippen LogP contribution in [0.3, 0.4) is 0 Å². The molecule has 1 aliphatic carbocycles. The van der Waals surface area contributed by atoms with Gasteiger partial charge in [-0.3, -0.25) is 0 Å². The van der Waals surface area contributed by atoms with E-state index in [-0.39, 0.29) is 11.6 Å². The SMILES string of the molecule is CN(C)C1(C(N)c2cccc3c2OCCC3)CCCCC1. The molecular weight excluding hydrogens is 260 g/mol. The fraction of sp³-hybridized carbons (Fsp3) is 0.667. The standard InChI is InChI=1S/C18H28N2O/c1-20(2)18(11-4-3-5-12-18)17(19)15-10-6-8-14-9-7-13-21-16(14)15/h6,8,10,17H,3-5,7,9,11-13,19H2,1-2H3. The summed E-state index contributed by atoms with van der Waals surface area (Å²) >= 11 is 0. The predicted molar refractivity (Wildman–Crippen MR) is 86.7 cm³/mol. The number of nitrogens with zero attached hydrogens (tertiary/aromatic N) is 1. The fourth-order valence-corrected chi connectivity index (χ4v) is 4.15. The van der Waals surface area contributed by atoms with E-state index in [4.69, 9.17) is 10.5 Å². The molecule has 0 amide bonds. The molecule has 3 rings (SSSR count). The largest absolute Gasteiger partial charge is 0.493 e. The molecule has 1 fully saturated rings. The van der Waals surface area contributed by atoms with Crippen LogP contribution < -0.4 is 10.5 Å². The van der Waals surface area contributed by atoms with Crippen LogP contribution in [-0.2, 0) is 6.42 Å². The van der Waals surface area contributed by atoms with E-state index in [1.54, 1.807) is 0 Å². The van der Waals surface area contributed by atoms with Crippen molar-refractivity contribution in [2.75, 3.05) is 20.7 Å². The summed E-state index contributed by atoms with van der Waals surface area (Å²) in [6.07, 6.45) is 8.50. The van der Waals surface area contributed by atoms with Crippen molar-refractivity contribution < 1.29 is 4.74 Å². The minimum atomic E-state index is 0.0286. The van der Waals surface area contributed by atoms with Gasteiger partial charge in [-0.2, -0.15) is 0 Å². The maximum Gasteiger partial charge on any atom is 0.127 e. The van der Waals surface area contributed by atoms with Gasteiger partial charge in [0.05, 0.1) is 12.6 Å². The van der Waals surface area contributed by atoms with Gasteiger partial charge in [0, 0.05) is 11.1 Å². The van der Waals surface area contributed by atoms with E-state index in [1.807, 2.05) is 0 Å². The predicted octanol–water partition coefficient (Wildman–Crippen LogP) is 3.28. The molecule has 0 bridgehead atoms. The average Bonchev–Trinajstić information content (AvgIpc) is 2.54. The Hall–Kier alpha value is -1.06. The highest BCUT2D eigenvalue weighted by Crippen LogP contribution is 2.44. The van der Waals surface area contributed by atoms with Crippen molar-refractivity contribution in [1.29, 1.82) is 0 Å². The molecule has 0 spiro atoms. The van der Waals surface area contributed by atoms with Crippen molar-refractivity contribution in [3.63, 3.8) is 0 Å². The summed E-state index contributed by atoms with van der Waals surface area (Å²) in [6, 6.07) is 6.54. The summed E-state index contributed by atoms with van der Waals surface area (Å²) in [5.74, 6) is 1.07. The van der Waals surface area contributed by atoms with E-state index >= 15 is 0 Å². The van der Waals surface area contributed by atoms with Gasteiger partial charge in [-0.05, 0) is 45.3 Å². The van der Waals surface area contributed by atoms with Crippen molar-refractivity contribution in [2.45, 2.75) is 56.5 Å². The Morgan fingerprint density at radius 3 is 2.62 bits per heavy atom. The number of hydrogen-bond donors (Lipinski definition) is 1.